The molecule has 13 heteroatoms. The minimum Gasteiger partial charge on any atom is -0.450 e. The molecule has 2 aromatic rings. The Kier molecular flexibility index (Phi) is 9.10. The highest BCUT2D eigenvalue weighted by Crippen LogP contribution is 2.21. The maximum atomic E-state index is 12.1. The van der Waals surface area contributed by atoms with Crippen molar-refractivity contribution < 1.29 is 28.3 Å². The molecule has 0 aliphatic carbocycles. The summed E-state index contributed by atoms with van der Waals surface area (Å²) in [5.74, 6) is -1.98. The molecule has 1 amide bonds. The first-order valence-electron chi connectivity index (χ1n) is 9.72. The average molecular weight is 447 g/mol. The third-order valence-electron chi connectivity index (χ3n) is 3.89. The number of hydrogen-bond acceptors (Lipinski definition) is 10. The monoisotopic (exact) mass is 447 g/mol. The molecule has 172 valence electrons. The zero-order valence-electron chi connectivity index (χ0n) is 17.4. The summed E-state index contributed by atoms with van der Waals surface area (Å²) >= 11 is 0. The second kappa shape index (κ2) is 12.0. The Morgan fingerprint density at radius 2 is 1.91 bits per heavy atom. The number of ether oxygens (including phenoxy) is 2. The van der Waals surface area contributed by atoms with Gasteiger partial charge in [0.15, 0.2) is 5.96 Å². The lowest BCUT2D eigenvalue weighted by molar-refractivity contribution is -0.160. The summed E-state index contributed by atoms with van der Waals surface area (Å²) in [6.45, 7) is 1.85. The van der Waals surface area contributed by atoms with Gasteiger partial charge in [0, 0.05) is 12.1 Å². The number of carbonyl (C=O) groups excluding carboxylic acids is 3. The van der Waals surface area contributed by atoms with Gasteiger partial charge < -0.3 is 36.4 Å². The molecule has 0 saturated carbocycles. The standard InChI is InChI=1S/C19H25N7O6/c1-2-3-8-30-19(29)24-13(10-20)17(28)32-15(27)9-14-25-26-16(31-14)11-4-6-12(7-5-11)23-18(21)22/h4-7,13H,2-3,8-10,20H2,1H3,(H,24,29)(H4,21,22,23). The smallest absolute Gasteiger partial charge is 0.407 e. The van der Waals surface area contributed by atoms with Crippen molar-refractivity contribution in [1.82, 2.24) is 15.5 Å². The molecule has 0 radical (unpaired) electrons. The third kappa shape index (κ3) is 7.68. The molecule has 1 aromatic heterocycles. The molecule has 0 aliphatic heterocycles. The van der Waals surface area contributed by atoms with Crippen molar-refractivity contribution in [3.8, 4) is 11.5 Å². The summed E-state index contributed by atoms with van der Waals surface area (Å²) in [5.41, 5.74) is 17.2. The topological polar surface area (TPSA) is 211 Å². The molecule has 1 atom stereocenters. The summed E-state index contributed by atoms with van der Waals surface area (Å²) in [4.78, 5) is 39.7. The Morgan fingerprint density at radius 1 is 1.19 bits per heavy atom. The number of unbranched alkanes of at least 4 members (excludes halogenated alkanes) is 1. The van der Waals surface area contributed by atoms with Gasteiger partial charge in [-0.15, -0.1) is 10.2 Å². The number of amides is 1. The first kappa shape index (κ1) is 24.3. The fraction of sp³-hybridized carbons (Fsp3) is 0.368. The van der Waals surface area contributed by atoms with Crippen LogP contribution in [0.2, 0.25) is 0 Å². The van der Waals surface area contributed by atoms with Gasteiger partial charge >= 0.3 is 18.0 Å². The van der Waals surface area contributed by atoms with E-state index in [1.807, 2.05) is 6.92 Å². The number of esters is 2. The highest BCUT2D eigenvalue weighted by molar-refractivity contribution is 5.91. The van der Waals surface area contributed by atoms with Crippen molar-refractivity contribution in [2.45, 2.75) is 32.2 Å². The van der Waals surface area contributed by atoms with Crippen LogP contribution in [0.4, 0.5) is 10.5 Å². The van der Waals surface area contributed by atoms with Crippen molar-refractivity contribution in [2.24, 2.45) is 22.2 Å². The van der Waals surface area contributed by atoms with Crippen molar-refractivity contribution in [3.05, 3.63) is 30.2 Å². The van der Waals surface area contributed by atoms with E-state index in [9.17, 15) is 14.4 Å². The molecule has 0 aliphatic rings. The zero-order valence-corrected chi connectivity index (χ0v) is 17.4. The molecule has 0 spiro atoms. The summed E-state index contributed by atoms with van der Waals surface area (Å²) < 4.78 is 15.0. The first-order valence-corrected chi connectivity index (χ1v) is 9.72. The predicted octanol–water partition coefficient (Wildman–Crippen LogP) is 0.107. The number of guanidine groups is 1. The van der Waals surface area contributed by atoms with Gasteiger partial charge in [0.2, 0.25) is 11.8 Å². The molecular weight excluding hydrogens is 422 g/mol. The van der Waals surface area contributed by atoms with E-state index in [0.29, 0.717) is 17.7 Å². The number of alkyl carbamates (subject to hydrolysis) is 1. The predicted molar refractivity (Wildman–Crippen MR) is 112 cm³/mol. The number of nitrogens with one attached hydrogen (secondary N) is 1. The number of carbonyl (C=O) groups is 3. The van der Waals surface area contributed by atoms with Gasteiger partial charge in [0.25, 0.3) is 0 Å². The van der Waals surface area contributed by atoms with E-state index >= 15 is 0 Å². The number of benzene rings is 1. The van der Waals surface area contributed by atoms with E-state index in [0.717, 1.165) is 6.42 Å². The highest BCUT2D eigenvalue weighted by Gasteiger charge is 2.25. The summed E-state index contributed by atoms with van der Waals surface area (Å²) in [6.07, 6.45) is 0.232. The number of rotatable bonds is 10. The number of nitrogens with zero attached hydrogens (tertiary/aromatic N) is 3. The lowest BCUT2D eigenvalue weighted by Crippen LogP contribution is -2.47. The van der Waals surface area contributed by atoms with Gasteiger partial charge in [0.1, 0.15) is 12.5 Å². The van der Waals surface area contributed by atoms with E-state index in [-0.39, 0.29) is 30.9 Å². The van der Waals surface area contributed by atoms with Gasteiger partial charge in [-0.05, 0) is 30.7 Å². The van der Waals surface area contributed by atoms with E-state index in [2.05, 4.69) is 20.5 Å². The number of hydrogen-bond donors (Lipinski definition) is 4. The van der Waals surface area contributed by atoms with Crippen LogP contribution in [0.1, 0.15) is 25.7 Å². The minimum atomic E-state index is -1.24. The average Bonchev–Trinajstić information content (AvgIpc) is 3.20. The molecule has 1 unspecified atom stereocenters. The Labute approximate surface area is 183 Å². The largest absolute Gasteiger partial charge is 0.450 e. The fourth-order valence-electron chi connectivity index (χ4n) is 2.32. The zero-order chi connectivity index (χ0) is 23.5. The van der Waals surface area contributed by atoms with E-state index in [1.54, 1.807) is 24.3 Å². The molecule has 1 heterocycles. The van der Waals surface area contributed by atoms with Crippen LogP contribution in [0.15, 0.2) is 33.7 Å². The normalized spacial score (nSPS) is 11.3. The Balaban J connectivity index is 1.90. The molecule has 1 aromatic carbocycles. The molecule has 0 saturated heterocycles. The van der Waals surface area contributed by atoms with Crippen LogP contribution in [0, 0.1) is 0 Å². The molecule has 0 bridgehead atoms. The van der Waals surface area contributed by atoms with Crippen LogP contribution >= 0.6 is 0 Å². The quantitative estimate of drug-likeness (QED) is 0.126. The van der Waals surface area contributed by atoms with E-state index in [1.165, 1.54) is 0 Å². The fourth-order valence-corrected chi connectivity index (χ4v) is 2.32. The minimum absolute atomic E-state index is 0.0673. The second-order valence-electron chi connectivity index (χ2n) is 6.48. The van der Waals surface area contributed by atoms with Gasteiger partial charge in [-0.25, -0.2) is 14.6 Å². The van der Waals surface area contributed by atoms with Gasteiger partial charge in [-0.1, -0.05) is 13.3 Å². The van der Waals surface area contributed by atoms with Crippen LogP contribution in [-0.4, -0.2) is 53.4 Å². The maximum Gasteiger partial charge on any atom is 0.407 e. The lowest BCUT2D eigenvalue weighted by atomic mass is 10.2. The van der Waals surface area contributed by atoms with Crippen molar-refractivity contribution in [1.29, 1.82) is 0 Å². The Hall–Kier alpha value is -4.00. The van der Waals surface area contributed by atoms with Gasteiger partial charge in [-0.2, -0.15) is 0 Å². The summed E-state index contributed by atoms with van der Waals surface area (Å²) in [5, 5.41) is 9.85. The summed E-state index contributed by atoms with van der Waals surface area (Å²) in [6, 6.07) is 5.34. The number of aromatic nitrogens is 2. The van der Waals surface area contributed by atoms with Crippen LogP contribution in [0.3, 0.4) is 0 Å². The molecule has 32 heavy (non-hydrogen) atoms. The number of aliphatic imine (C=N–C) groups is 1. The molecule has 7 N–H and O–H groups in total. The van der Waals surface area contributed by atoms with Crippen LogP contribution < -0.4 is 22.5 Å². The first-order chi connectivity index (χ1) is 15.3. The van der Waals surface area contributed by atoms with Gasteiger partial charge in [0.05, 0.1) is 12.3 Å². The lowest BCUT2D eigenvalue weighted by Gasteiger charge is -2.14. The van der Waals surface area contributed by atoms with E-state index in [4.69, 9.17) is 31.1 Å². The second-order valence-corrected chi connectivity index (χ2v) is 6.48. The Bertz CT molecular complexity index is 953. The Morgan fingerprint density at radius 3 is 2.53 bits per heavy atom. The molecular formula is C19H25N7O6. The molecule has 13 nitrogen and oxygen atoms in total. The maximum absolute atomic E-state index is 12.1. The van der Waals surface area contributed by atoms with Gasteiger partial charge in [-0.3, -0.25) is 4.79 Å². The van der Waals surface area contributed by atoms with Crippen LogP contribution in [0.5, 0.6) is 0 Å². The van der Waals surface area contributed by atoms with Crippen molar-refractivity contribution in [2.75, 3.05) is 13.2 Å². The highest BCUT2D eigenvalue weighted by atomic mass is 16.6. The SMILES string of the molecule is CCCCOC(=O)NC(CN)C(=O)OC(=O)Cc1nnc(-c2ccc(N=C(N)N)cc2)o1. The third-order valence-corrected chi connectivity index (χ3v) is 3.89. The molecule has 0 fully saturated rings. The van der Waals surface area contributed by atoms with E-state index < -0.39 is 30.5 Å². The number of nitrogens with two attached hydrogens (primary N) is 3. The van der Waals surface area contributed by atoms with Crippen LogP contribution in [-0.2, 0) is 25.5 Å². The summed E-state index contributed by atoms with van der Waals surface area (Å²) in [7, 11) is 0. The van der Waals surface area contributed by atoms with Crippen LogP contribution in [0.25, 0.3) is 11.5 Å². The van der Waals surface area contributed by atoms with Crippen molar-refractivity contribution in [3.63, 3.8) is 0 Å². The van der Waals surface area contributed by atoms with Crippen molar-refractivity contribution >= 4 is 29.7 Å². The molecule has 2 rings (SSSR count).